The van der Waals surface area contributed by atoms with E-state index in [-0.39, 0.29) is 17.8 Å². The van der Waals surface area contributed by atoms with E-state index in [2.05, 4.69) is 22.8 Å². The Morgan fingerprint density at radius 3 is 2.83 bits per heavy atom. The molecule has 1 saturated heterocycles. The van der Waals surface area contributed by atoms with E-state index < -0.39 is 0 Å². The van der Waals surface area contributed by atoms with Crippen LogP contribution in [0.4, 0.5) is 0 Å². The van der Waals surface area contributed by atoms with Gasteiger partial charge in [0.2, 0.25) is 0 Å². The van der Waals surface area contributed by atoms with E-state index in [1.54, 1.807) is 6.07 Å². The molecule has 1 N–H and O–H groups in total. The van der Waals surface area contributed by atoms with Crippen molar-refractivity contribution in [3.63, 3.8) is 0 Å². The molecule has 0 spiro atoms. The molecular formula is C19H26N2O3. The van der Waals surface area contributed by atoms with Crippen LogP contribution in [0.15, 0.2) is 33.5 Å². The Morgan fingerprint density at radius 1 is 1.33 bits per heavy atom. The first-order chi connectivity index (χ1) is 11.5. The molecule has 5 heteroatoms. The molecule has 24 heavy (non-hydrogen) atoms. The van der Waals surface area contributed by atoms with Crippen molar-refractivity contribution in [1.82, 2.24) is 9.80 Å². The number of likely N-dealkylation sites (N-methyl/N-ethyl adjacent to an activating group) is 1. The summed E-state index contributed by atoms with van der Waals surface area (Å²) in [5.74, 6) is 0. The molecule has 2 aromatic rings. The fourth-order valence-corrected chi connectivity index (χ4v) is 3.50. The van der Waals surface area contributed by atoms with Gasteiger partial charge >= 0.3 is 5.63 Å². The Bertz CT molecular complexity index is 769. The number of aliphatic hydroxyl groups excluding tert-OH is 1. The number of fused-ring (bicyclic) bond motifs is 1. The van der Waals surface area contributed by atoms with Crippen molar-refractivity contribution in [2.24, 2.45) is 0 Å². The summed E-state index contributed by atoms with van der Waals surface area (Å²) in [6.07, 6.45) is 1.41. The van der Waals surface area contributed by atoms with Crippen molar-refractivity contribution in [2.75, 3.05) is 27.2 Å². The van der Waals surface area contributed by atoms with E-state index in [1.807, 2.05) is 26.2 Å². The van der Waals surface area contributed by atoms with E-state index in [9.17, 15) is 9.90 Å². The van der Waals surface area contributed by atoms with E-state index in [1.165, 1.54) is 5.56 Å². The highest BCUT2D eigenvalue weighted by Gasteiger charge is 2.29. The number of benzene rings is 1. The summed E-state index contributed by atoms with van der Waals surface area (Å²) < 4.78 is 5.35. The fraction of sp³-hybridized carbons (Fsp3) is 0.526. The van der Waals surface area contributed by atoms with Crippen molar-refractivity contribution in [3.8, 4) is 0 Å². The molecule has 1 aliphatic heterocycles. The average Bonchev–Trinajstić information content (AvgIpc) is 2.56. The van der Waals surface area contributed by atoms with Crippen LogP contribution in [-0.2, 0) is 13.0 Å². The third-order valence-corrected chi connectivity index (χ3v) is 4.99. The second-order valence-electron chi connectivity index (χ2n) is 6.90. The van der Waals surface area contributed by atoms with Crippen molar-refractivity contribution in [1.29, 1.82) is 0 Å². The second-order valence-corrected chi connectivity index (χ2v) is 6.90. The van der Waals surface area contributed by atoms with Gasteiger partial charge in [-0.3, -0.25) is 4.90 Å². The van der Waals surface area contributed by atoms with Gasteiger partial charge < -0.3 is 14.4 Å². The molecule has 0 saturated carbocycles. The monoisotopic (exact) mass is 330 g/mol. The molecule has 1 fully saturated rings. The summed E-state index contributed by atoms with van der Waals surface area (Å²) in [7, 11) is 3.99. The molecule has 0 radical (unpaired) electrons. The Morgan fingerprint density at radius 2 is 2.12 bits per heavy atom. The molecule has 2 atom stereocenters. The van der Waals surface area contributed by atoms with Crippen LogP contribution in [0, 0.1) is 0 Å². The van der Waals surface area contributed by atoms with Gasteiger partial charge in [-0.2, -0.15) is 0 Å². The summed E-state index contributed by atoms with van der Waals surface area (Å²) in [5.41, 5.74) is 2.59. The lowest BCUT2D eigenvalue weighted by molar-refractivity contribution is 0.00463. The molecule has 0 aliphatic carbocycles. The fourth-order valence-electron chi connectivity index (χ4n) is 3.50. The lowest BCUT2D eigenvalue weighted by Crippen LogP contribution is -2.52. The highest BCUT2D eigenvalue weighted by molar-refractivity contribution is 5.80. The van der Waals surface area contributed by atoms with Gasteiger partial charge in [-0.05, 0) is 50.2 Å². The lowest BCUT2D eigenvalue weighted by atomic mass is 9.99. The average molecular weight is 330 g/mol. The van der Waals surface area contributed by atoms with Crippen molar-refractivity contribution in [3.05, 3.63) is 45.8 Å². The van der Waals surface area contributed by atoms with Gasteiger partial charge in [0, 0.05) is 37.1 Å². The van der Waals surface area contributed by atoms with Crippen LogP contribution in [0.1, 0.15) is 24.5 Å². The first-order valence-corrected chi connectivity index (χ1v) is 8.60. The lowest BCUT2D eigenvalue weighted by Gasteiger charge is -2.39. The van der Waals surface area contributed by atoms with Crippen molar-refractivity contribution >= 4 is 11.0 Å². The molecule has 1 aromatic heterocycles. The molecular weight excluding hydrogens is 304 g/mol. The van der Waals surface area contributed by atoms with Crippen LogP contribution in [0.5, 0.6) is 0 Å². The Hall–Kier alpha value is -1.69. The van der Waals surface area contributed by atoms with Gasteiger partial charge in [-0.1, -0.05) is 13.0 Å². The minimum atomic E-state index is -0.303. The standard InChI is InChI=1S/C19H26N2O3/c1-4-13-5-6-18-15(9-13)14(10-19(23)24-18)11-21-8-7-17(22)16(12-21)20(2)3/h5-6,9-10,16-17,22H,4,7-8,11-12H2,1-3H3/t16-,17+/m1/s1. The highest BCUT2D eigenvalue weighted by Crippen LogP contribution is 2.23. The van der Waals surface area contributed by atoms with Gasteiger partial charge in [0.25, 0.3) is 0 Å². The largest absolute Gasteiger partial charge is 0.423 e. The predicted molar refractivity (Wildman–Crippen MR) is 95.2 cm³/mol. The van der Waals surface area contributed by atoms with Crippen molar-refractivity contribution in [2.45, 2.75) is 38.5 Å². The number of rotatable bonds is 4. The first-order valence-electron chi connectivity index (χ1n) is 8.60. The highest BCUT2D eigenvalue weighted by atomic mass is 16.4. The zero-order valence-corrected chi connectivity index (χ0v) is 14.7. The maximum Gasteiger partial charge on any atom is 0.336 e. The number of nitrogens with zero attached hydrogens (tertiary/aromatic N) is 2. The van der Waals surface area contributed by atoms with E-state index in [0.717, 1.165) is 36.9 Å². The van der Waals surface area contributed by atoms with Gasteiger partial charge in [0.15, 0.2) is 0 Å². The van der Waals surface area contributed by atoms with Crippen LogP contribution >= 0.6 is 0 Å². The number of aryl methyl sites for hydroxylation is 1. The van der Waals surface area contributed by atoms with E-state index >= 15 is 0 Å². The third kappa shape index (κ3) is 3.53. The van der Waals surface area contributed by atoms with Crippen LogP contribution in [0.3, 0.4) is 0 Å². The number of piperidine rings is 1. The maximum atomic E-state index is 11.9. The molecule has 0 bridgehead atoms. The minimum Gasteiger partial charge on any atom is -0.423 e. The van der Waals surface area contributed by atoms with Crippen LogP contribution in [0.25, 0.3) is 11.0 Å². The summed E-state index contributed by atoms with van der Waals surface area (Å²) in [6, 6.07) is 7.75. The number of hydrogen-bond acceptors (Lipinski definition) is 5. The molecule has 1 aromatic carbocycles. The number of hydrogen-bond donors (Lipinski definition) is 1. The van der Waals surface area contributed by atoms with Gasteiger partial charge in [0.1, 0.15) is 5.58 Å². The smallest absolute Gasteiger partial charge is 0.336 e. The Balaban J connectivity index is 1.90. The summed E-state index contributed by atoms with van der Waals surface area (Å²) in [5, 5.41) is 11.2. The zero-order valence-electron chi connectivity index (χ0n) is 14.7. The molecule has 3 rings (SSSR count). The van der Waals surface area contributed by atoms with Crippen LogP contribution in [0.2, 0.25) is 0 Å². The number of likely N-dealkylation sites (tertiary alicyclic amines) is 1. The SMILES string of the molecule is CCc1ccc2oc(=O)cc(CN3CC[C@H](O)[C@H](N(C)C)C3)c2c1. The van der Waals surface area contributed by atoms with Crippen LogP contribution in [-0.4, -0.2) is 54.2 Å². The first kappa shape index (κ1) is 17.1. The minimum absolute atomic E-state index is 0.122. The normalized spacial score (nSPS) is 22.4. The molecule has 2 heterocycles. The Kier molecular flexibility index (Phi) is 5.04. The summed E-state index contributed by atoms with van der Waals surface area (Å²) >= 11 is 0. The molecule has 0 amide bonds. The predicted octanol–water partition coefficient (Wildman–Crippen LogP) is 1.85. The van der Waals surface area contributed by atoms with Gasteiger partial charge in [-0.25, -0.2) is 4.79 Å². The second kappa shape index (κ2) is 7.05. The van der Waals surface area contributed by atoms with E-state index in [4.69, 9.17) is 4.42 Å². The summed E-state index contributed by atoms with van der Waals surface area (Å²) in [6.45, 7) is 4.45. The molecule has 1 aliphatic rings. The Labute approximate surface area is 142 Å². The van der Waals surface area contributed by atoms with E-state index in [0.29, 0.717) is 12.1 Å². The van der Waals surface area contributed by atoms with Gasteiger partial charge in [-0.15, -0.1) is 0 Å². The maximum absolute atomic E-state index is 11.9. The molecule has 130 valence electrons. The molecule has 5 nitrogen and oxygen atoms in total. The van der Waals surface area contributed by atoms with Gasteiger partial charge in [0.05, 0.1) is 6.10 Å². The topological polar surface area (TPSA) is 56.9 Å². The summed E-state index contributed by atoms with van der Waals surface area (Å²) in [4.78, 5) is 16.3. The van der Waals surface area contributed by atoms with Crippen LogP contribution < -0.4 is 5.63 Å². The zero-order chi connectivity index (χ0) is 17.3. The van der Waals surface area contributed by atoms with Crippen molar-refractivity contribution < 1.29 is 9.52 Å². The quantitative estimate of drug-likeness (QED) is 0.867. The third-order valence-electron chi connectivity index (χ3n) is 4.99. The molecule has 0 unspecified atom stereocenters. The number of aliphatic hydroxyl groups is 1.